The Morgan fingerprint density at radius 3 is 1.86 bits per heavy atom. The van der Waals surface area contributed by atoms with E-state index >= 15 is 0 Å². The van der Waals surface area contributed by atoms with Gasteiger partial charge in [0.2, 0.25) is 0 Å². The normalized spacial score (nSPS) is 27.9. The van der Waals surface area contributed by atoms with Crippen LogP contribution in [-0.2, 0) is 48.2 Å². The van der Waals surface area contributed by atoms with Gasteiger partial charge in [-0.05, 0) is 16.7 Å². The van der Waals surface area contributed by atoms with Crippen molar-refractivity contribution in [2.24, 2.45) is 0 Å². The number of anilines is 1. The molecule has 3 aromatic carbocycles. The number of nitrogen functional groups attached to an aromatic ring is 1. The second-order valence-corrected chi connectivity index (χ2v) is 12.5. The van der Waals surface area contributed by atoms with Crippen LogP contribution in [0.15, 0.2) is 104 Å². The molecule has 0 bridgehead atoms. The Hall–Kier alpha value is -4.35. The zero-order valence-corrected chi connectivity index (χ0v) is 27.7. The van der Waals surface area contributed by atoms with Crippen LogP contribution >= 0.6 is 0 Å². The molecule has 14 nitrogen and oxygen atoms in total. The van der Waals surface area contributed by atoms with Gasteiger partial charge in [0.25, 0.3) is 0 Å². The van der Waals surface area contributed by atoms with Gasteiger partial charge in [-0.2, -0.15) is 0 Å². The molecule has 4 heterocycles. The van der Waals surface area contributed by atoms with Gasteiger partial charge in [0.05, 0.1) is 39.4 Å². The van der Waals surface area contributed by atoms with E-state index in [-0.39, 0.29) is 32.2 Å². The molecule has 0 unspecified atom stereocenters. The van der Waals surface area contributed by atoms with Crippen molar-refractivity contribution in [3.05, 3.63) is 120 Å². The van der Waals surface area contributed by atoms with E-state index in [9.17, 15) is 15.3 Å². The zero-order chi connectivity index (χ0) is 35.2. The molecular formula is C37H41N5O9. The zero-order valence-electron chi connectivity index (χ0n) is 27.7. The number of benzene rings is 3. The third-order valence-electron chi connectivity index (χ3n) is 8.98. The Morgan fingerprint density at radius 2 is 1.24 bits per heavy atom. The van der Waals surface area contributed by atoms with Crippen molar-refractivity contribution in [1.29, 1.82) is 0 Å². The number of aliphatic hydroxyl groups excluding tert-OH is 3. The summed E-state index contributed by atoms with van der Waals surface area (Å²) in [6, 6.07) is 28.6. The van der Waals surface area contributed by atoms with Gasteiger partial charge >= 0.3 is 0 Å². The first-order valence-electron chi connectivity index (χ1n) is 16.8. The van der Waals surface area contributed by atoms with Crippen molar-refractivity contribution in [1.82, 2.24) is 19.5 Å². The highest BCUT2D eigenvalue weighted by molar-refractivity contribution is 5.81. The van der Waals surface area contributed by atoms with E-state index in [0.717, 1.165) is 16.7 Å². The molecule has 5 aromatic rings. The van der Waals surface area contributed by atoms with Crippen molar-refractivity contribution in [2.45, 2.75) is 75.1 Å². The second-order valence-electron chi connectivity index (χ2n) is 12.5. The fraction of sp³-hybridized carbons (Fsp3) is 0.378. The molecule has 9 atom stereocenters. The number of hydrogen-bond donors (Lipinski definition) is 4. The van der Waals surface area contributed by atoms with E-state index in [1.807, 2.05) is 91.0 Å². The average Bonchev–Trinajstić information content (AvgIpc) is 3.72. The van der Waals surface area contributed by atoms with Crippen LogP contribution in [0, 0.1) is 0 Å². The third-order valence-corrected chi connectivity index (χ3v) is 8.98. The van der Waals surface area contributed by atoms with Gasteiger partial charge in [0.15, 0.2) is 24.0 Å². The molecule has 2 aliphatic rings. The number of fused-ring (bicyclic) bond motifs is 1. The summed E-state index contributed by atoms with van der Waals surface area (Å²) in [5.41, 5.74) is 9.49. The maximum Gasteiger partial charge on any atom is 0.187 e. The summed E-state index contributed by atoms with van der Waals surface area (Å²) in [5.74, 6) is 0.184. The number of hydrogen-bond acceptors (Lipinski definition) is 13. The molecule has 51 heavy (non-hydrogen) atoms. The molecule has 2 aliphatic heterocycles. The van der Waals surface area contributed by atoms with E-state index < -0.39 is 55.2 Å². The summed E-state index contributed by atoms with van der Waals surface area (Å²) in [6.45, 7) is 0.657. The molecule has 5 N–H and O–H groups in total. The summed E-state index contributed by atoms with van der Waals surface area (Å²) in [5, 5.41) is 34.5. The largest absolute Gasteiger partial charge is 0.387 e. The highest BCUT2D eigenvalue weighted by Gasteiger charge is 2.52. The van der Waals surface area contributed by atoms with Gasteiger partial charge in [-0.15, -0.1) is 0 Å². The highest BCUT2D eigenvalue weighted by Crippen LogP contribution is 2.37. The van der Waals surface area contributed by atoms with Gasteiger partial charge in [-0.3, -0.25) is 4.57 Å². The quantitative estimate of drug-likeness (QED) is 0.133. The molecule has 0 radical (unpaired) electrons. The van der Waals surface area contributed by atoms with E-state index in [2.05, 4.69) is 15.0 Å². The predicted octanol–water partition coefficient (Wildman–Crippen LogP) is 2.52. The minimum atomic E-state index is -1.42. The van der Waals surface area contributed by atoms with Gasteiger partial charge in [0.1, 0.15) is 54.6 Å². The SMILES string of the molecule is Nc1ncnc2c1ncn2[C@@H]1O[C@H](COCc2ccccc2)[C@@H](O[C@H]2O[C@H](COCc3ccccc3)[C@@H](O)[C@H](O)[C@H]2OCc2ccccc2)[C@H]1O. The Balaban J connectivity index is 1.13. The Labute approximate surface area is 294 Å². The molecule has 2 fully saturated rings. The Bertz CT molecular complexity index is 1820. The van der Waals surface area contributed by atoms with Crippen molar-refractivity contribution in [2.75, 3.05) is 18.9 Å². The van der Waals surface area contributed by atoms with Crippen LogP contribution in [0.25, 0.3) is 11.2 Å². The van der Waals surface area contributed by atoms with Gasteiger partial charge in [0, 0.05) is 0 Å². The van der Waals surface area contributed by atoms with Crippen molar-refractivity contribution < 1.29 is 43.7 Å². The van der Waals surface area contributed by atoms with Crippen LogP contribution in [0.1, 0.15) is 22.9 Å². The van der Waals surface area contributed by atoms with Crippen LogP contribution in [0.3, 0.4) is 0 Å². The number of aromatic nitrogens is 4. The van der Waals surface area contributed by atoms with Crippen LogP contribution < -0.4 is 5.73 Å². The molecular weight excluding hydrogens is 658 g/mol. The van der Waals surface area contributed by atoms with Gasteiger partial charge < -0.3 is 49.5 Å². The topological polar surface area (TPSA) is 186 Å². The first-order valence-corrected chi connectivity index (χ1v) is 16.8. The molecule has 0 amide bonds. The molecule has 14 heteroatoms. The molecule has 2 aromatic heterocycles. The maximum atomic E-state index is 11.9. The lowest BCUT2D eigenvalue weighted by Crippen LogP contribution is -2.61. The van der Waals surface area contributed by atoms with Gasteiger partial charge in [-0.25, -0.2) is 15.0 Å². The number of aliphatic hydroxyl groups is 3. The van der Waals surface area contributed by atoms with Crippen LogP contribution in [-0.4, -0.2) is 97.1 Å². The summed E-state index contributed by atoms with van der Waals surface area (Å²) < 4.78 is 38.9. The Kier molecular flexibility index (Phi) is 11.2. The molecule has 0 saturated carbocycles. The number of rotatable bonds is 14. The average molecular weight is 700 g/mol. The van der Waals surface area contributed by atoms with Crippen molar-refractivity contribution >= 4 is 17.0 Å². The van der Waals surface area contributed by atoms with E-state index in [4.69, 9.17) is 34.2 Å². The summed E-state index contributed by atoms with van der Waals surface area (Å²) in [4.78, 5) is 12.7. The van der Waals surface area contributed by atoms with Crippen molar-refractivity contribution in [3.63, 3.8) is 0 Å². The predicted molar refractivity (Wildman–Crippen MR) is 182 cm³/mol. The minimum Gasteiger partial charge on any atom is -0.387 e. The summed E-state index contributed by atoms with van der Waals surface area (Å²) in [6.07, 6.45) is -7.55. The highest BCUT2D eigenvalue weighted by atomic mass is 16.7. The number of imidazole rings is 1. The van der Waals surface area contributed by atoms with E-state index in [1.165, 1.54) is 12.7 Å². The first kappa shape index (κ1) is 35.1. The minimum absolute atomic E-state index is 0.0356. The fourth-order valence-electron chi connectivity index (χ4n) is 6.29. The number of ether oxygens (including phenoxy) is 6. The second kappa shape index (κ2) is 16.3. The Morgan fingerprint density at radius 1 is 0.647 bits per heavy atom. The lowest BCUT2D eigenvalue weighted by molar-refractivity contribution is -0.329. The van der Waals surface area contributed by atoms with Crippen LogP contribution in [0.2, 0.25) is 0 Å². The molecule has 2 saturated heterocycles. The number of nitrogens with two attached hydrogens (primary N) is 1. The summed E-state index contributed by atoms with van der Waals surface area (Å²) in [7, 11) is 0. The maximum absolute atomic E-state index is 11.9. The third kappa shape index (κ3) is 8.10. The first-order chi connectivity index (χ1) is 25.0. The summed E-state index contributed by atoms with van der Waals surface area (Å²) >= 11 is 0. The molecule has 0 aliphatic carbocycles. The van der Waals surface area contributed by atoms with E-state index in [0.29, 0.717) is 17.8 Å². The van der Waals surface area contributed by atoms with Crippen molar-refractivity contribution in [3.8, 4) is 0 Å². The lowest BCUT2D eigenvalue weighted by Gasteiger charge is -2.43. The lowest BCUT2D eigenvalue weighted by atomic mass is 9.98. The van der Waals surface area contributed by atoms with Crippen LogP contribution in [0.4, 0.5) is 5.82 Å². The van der Waals surface area contributed by atoms with Gasteiger partial charge in [-0.1, -0.05) is 91.0 Å². The van der Waals surface area contributed by atoms with Crippen LogP contribution in [0.5, 0.6) is 0 Å². The number of nitrogens with zero attached hydrogens (tertiary/aromatic N) is 4. The fourth-order valence-corrected chi connectivity index (χ4v) is 6.29. The monoisotopic (exact) mass is 699 g/mol. The molecule has 7 rings (SSSR count). The molecule has 268 valence electrons. The molecule has 0 spiro atoms. The smallest absolute Gasteiger partial charge is 0.187 e. The standard InChI is InChI=1S/C37H41N5O9/c38-34-28-35(40-21-39-34)42(22-41-28)36-31(45)32(27(49-36)20-47-17-24-12-6-2-7-13-24)51-37-33(48-18-25-14-8-3-9-15-25)30(44)29(43)26(50-37)19-46-16-23-10-4-1-5-11-23/h1-15,21-22,26-27,29-33,36-37,43-45H,16-20H2,(H2,38,39,40)/t26-,27-,29-,30+,31-,32-,33-,36-,37-/m1/s1. The van der Waals surface area contributed by atoms with E-state index in [1.54, 1.807) is 4.57 Å².